The summed E-state index contributed by atoms with van der Waals surface area (Å²) < 4.78 is 0. The van der Waals surface area contributed by atoms with E-state index in [0.717, 1.165) is 62.3 Å². The number of anilines is 2. The van der Waals surface area contributed by atoms with Gasteiger partial charge in [-0.25, -0.2) is 4.98 Å². The zero-order valence-corrected chi connectivity index (χ0v) is 15.9. The summed E-state index contributed by atoms with van der Waals surface area (Å²) in [6.07, 6.45) is 0. The van der Waals surface area contributed by atoms with E-state index in [1.165, 1.54) is 0 Å². The summed E-state index contributed by atoms with van der Waals surface area (Å²) in [4.78, 5) is 27.5. The monoisotopic (exact) mass is 353 g/mol. The van der Waals surface area contributed by atoms with Gasteiger partial charge in [0.25, 0.3) is 0 Å². The van der Waals surface area contributed by atoms with Crippen molar-refractivity contribution >= 4 is 17.7 Å². The average Bonchev–Trinajstić information content (AvgIpc) is 2.69. The van der Waals surface area contributed by atoms with Gasteiger partial charge in [-0.05, 0) is 13.8 Å². The van der Waals surface area contributed by atoms with E-state index in [2.05, 4.69) is 41.8 Å². The molecule has 1 aromatic carbocycles. The topological polar surface area (TPSA) is 52.6 Å². The molecule has 1 amide bonds. The number of rotatable bonds is 5. The third kappa shape index (κ3) is 3.95. The summed E-state index contributed by atoms with van der Waals surface area (Å²) >= 11 is 0. The first-order valence-electron chi connectivity index (χ1n) is 9.32. The van der Waals surface area contributed by atoms with Crippen LogP contribution in [0.4, 0.5) is 11.8 Å². The van der Waals surface area contributed by atoms with Crippen molar-refractivity contribution in [3.05, 3.63) is 36.4 Å². The van der Waals surface area contributed by atoms with Crippen molar-refractivity contribution in [2.75, 3.05) is 49.1 Å². The second-order valence-corrected chi connectivity index (χ2v) is 6.44. The summed E-state index contributed by atoms with van der Waals surface area (Å²) in [7, 11) is 0. The van der Waals surface area contributed by atoms with Crippen LogP contribution in [0.25, 0.3) is 11.3 Å². The Hall–Kier alpha value is -2.63. The van der Waals surface area contributed by atoms with Crippen molar-refractivity contribution in [2.45, 2.75) is 20.8 Å². The van der Waals surface area contributed by atoms with Crippen LogP contribution < -0.4 is 9.80 Å². The van der Waals surface area contributed by atoms with E-state index in [0.29, 0.717) is 0 Å². The number of carbonyl (C=O) groups is 1. The predicted molar refractivity (Wildman–Crippen MR) is 105 cm³/mol. The maximum Gasteiger partial charge on any atom is 0.227 e. The number of carbonyl (C=O) groups excluding carboxylic acids is 1. The number of hydrogen-bond donors (Lipinski definition) is 0. The van der Waals surface area contributed by atoms with E-state index in [1.54, 1.807) is 6.92 Å². The average molecular weight is 353 g/mol. The molecule has 0 radical (unpaired) electrons. The van der Waals surface area contributed by atoms with Crippen molar-refractivity contribution in [1.29, 1.82) is 0 Å². The van der Waals surface area contributed by atoms with Gasteiger partial charge in [-0.2, -0.15) is 4.98 Å². The molecule has 6 heteroatoms. The van der Waals surface area contributed by atoms with E-state index < -0.39 is 0 Å². The Balaban J connectivity index is 1.94. The highest BCUT2D eigenvalue weighted by Gasteiger charge is 2.21. The molecule has 0 unspecified atom stereocenters. The van der Waals surface area contributed by atoms with Crippen molar-refractivity contribution < 1.29 is 4.79 Å². The quantitative estimate of drug-likeness (QED) is 0.827. The first-order valence-corrected chi connectivity index (χ1v) is 9.32. The van der Waals surface area contributed by atoms with Gasteiger partial charge in [0.15, 0.2) is 0 Å². The van der Waals surface area contributed by atoms with Crippen LogP contribution in [0.15, 0.2) is 36.4 Å². The molecule has 1 aliphatic heterocycles. The molecule has 6 nitrogen and oxygen atoms in total. The fourth-order valence-corrected chi connectivity index (χ4v) is 3.24. The summed E-state index contributed by atoms with van der Waals surface area (Å²) in [6, 6.07) is 12.3. The maximum absolute atomic E-state index is 11.6. The van der Waals surface area contributed by atoms with Crippen molar-refractivity contribution in [3.63, 3.8) is 0 Å². The molecule has 0 N–H and O–H groups in total. The van der Waals surface area contributed by atoms with E-state index in [9.17, 15) is 4.79 Å². The Morgan fingerprint density at radius 3 is 2.27 bits per heavy atom. The third-order valence-corrected chi connectivity index (χ3v) is 4.87. The van der Waals surface area contributed by atoms with Gasteiger partial charge in [0.05, 0.1) is 5.69 Å². The summed E-state index contributed by atoms with van der Waals surface area (Å²) in [5.74, 6) is 1.84. The fraction of sp³-hybridized carbons (Fsp3) is 0.450. The summed E-state index contributed by atoms with van der Waals surface area (Å²) in [5, 5.41) is 0. The molecule has 3 rings (SSSR count). The molecular formula is C20H27N5O. The largest absolute Gasteiger partial charge is 0.353 e. The predicted octanol–water partition coefficient (Wildman–Crippen LogP) is 2.66. The van der Waals surface area contributed by atoms with Gasteiger partial charge < -0.3 is 14.7 Å². The van der Waals surface area contributed by atoms with Crippen molar-refractivity contribution in [1.82, 2.24) is 14.9 Å². The maximum atomic E-state index is 11.6. The first-order chi connectivity index (χ1) is 12.6. The Kier molecular flexibility index (Phi) is 5.71. The van der Waals surface area contributed by atoms with Gasteiger partial charge in [0.2, 0.25) is 11.9 Å². The smallest absolute Gasteiger partial charge is 0.227 e. The van der Waals surface area contributed by atoms with E-state index in [-0.39, 0.29) is 5.91 Å². The van der Waals surface area contributed by atoms with Crippen molar-refractivity contribution in [2.24, 2.45) is 0 Å². The summed E-state index contributed by atoms with van der Waals surface area (Å²) in [5.41, 5.74) is 2.03. The molecule has 0 aliphatic carbocycles. The van der Waals surface area contributed by atoms with Crippen LogP contribution in [0.3, 0.4) is 0 Å². The lowest BCUT2D eigenvalue weighted by molar-refractivity contribution is -0.129. The molecule has 0 atom stereocenters. The molecule has 138 valence electrons. The van der Waals surface area contributed by atoms with E-state index in [1.807, 2.05) is 23.1 Å². The minimum atomic E-state index is 0.140. The zero-order valence-electron chi connectivity index (χ0n) is 15.9. The Morgan fingerprint density at radius 2 is 1.69 bits per heavy atom. The molecule has 0 bridgehead atoms. The lowest BCUT2D eigenvalue weighted by Crippen LogP contribution is -2.48. The molecule has 0 saturated carbocycles. The molecule has 1 aromatic heterocycles. The highest BCUT2D eigenvalue weighted by molar-refractivity contribution is 5.73. The number of benzene rings is 1. The number of hydrogen-bond acceptors (Lipinski definition) is 5. The van der Waals surface area contributed by atoms with E-state index >= 15 is 0 Å². The third-order valence-electron chi connectivity index (χ3n) is 4.87. The van der Waals surface area contributed by atoms with Crippen LogP contribution in [0.2, 0.25) is 0 Å². The number of piperazine rings is 1. The Morgan fingerprint density at radius 1 is 1.04 bits per heavy atom. The Labute approximate surface area is 155 Å². The van der Waals surface area contributed by atoms with Crippen LogP contribution in [-0.4, -0.2) is 60.0 Å². The second-order valence-electron chi connectivity index (χ2n) is 6.44. The molecule has 26 heavy (non-hydrogen) atoms. The minimum absolute atomic E-state index is 0.140. The normalized spacial score (nSPS) is 14.4. The van der Waals surface area contributed by atoms with Gasteiger partial charge in [-0.15, -0.1) is 0 Å². The number of nitrogens with zero attached hydrogens (tertiary/aromatic N) is 5. The molecule has 0 spiro atoms. The molecule has 2 heterocycles. The van der Waals surface area contributed by atoms with Gasteiger partial charge in [-0.3, -0.25) is 4.79 Å². The van der Waals surface area contributed by atoms with Crippen LogP contribution in [0.5, 0.6) is 0 Å². The minimum Gasteiger partial charge on any atom is -0.353 e. The highest BCUT2D eigenvalue weighted by Crippen LogP contribution is 2.25. The molecule has 1 fully saturated rings. The second kappa shape index (κ2) is 8.17. The SMILES string of the molecule is CCN(CC)c1nc(-c2ccccc2)cc(N2CCN(C(C)=O)CC2)n1. The first kappa shape index (κ1) is 18.2. The molecule has 2 aromatic rings. The lowest BCUT2D eigenvalue weighted by atomic mass is 10.1. The summed E-state index contributed by atoms with van der Waals surface area (Å²) in [6.45, 7) is 10.7. The highest BCUT2D eigenvalue weighted by atomic mass is 16.2. The van der Waals surface area contributed by atoms with Crippen LogP contribution in [0.1, 0.15) is 20.8 Å². The zero-order chi connectivity index (χ0) is 18.5. The van der Waals surface area contributed by atoms with Crippen LogP contribution in [-0.2, 0) is 4.79 Å². The van der Waals surface area contributed by atoms with E-state index in [4.69, 9.17) is 9.97 Å². The van der Waals surface area contributed by atoms with Crippen LogP contribution in [0, 0.1) is 0 Å². The lowest BCUT2D eigenvalue weighted by Gasteiger charge is -2.35. The molecule has 1 saturated heterocycles. The van der Waals surface area contributed by atoms with Crippen LogP contribution >= 0.6 is 0 Å². The van der Waals surface area contributed by atoms with Crippen molar-refractivity contribution in [3.8, 4) is 11.3 Å². The number of aromatic nitrogens is 2. The Bertz CT molecular complexity index is 737. The molecule has 1 aliphatic rings. The fourth-order valence-electron chi connectivity index (χ4n) is 3.24. The van der Waals surface area contributed by atoms with Gasteiger partial charge in [0, 0.05) is 57.8 Å². The van der Waals surface area contributed by atoms with Gasteiger partial charge in [-0.1, -0.05) is 30.3 Å². The number of amides is 1. The van der Waals surface area contributed by atoms with Gasteiger partial charge in [0.1, 0.15) is 5.82 Å². The van der Waals surface area contributed by atoms with Gasteiger partial charge >= 0.3 is 0 Å². The standard InChI is InChI=1S/C20H27N5O/c1-4-23(5-2)20-21-18(17-9-7-6-8-10-17)15-19(22-20)25-13-11-24(12-14-25)16(3)26/h6-10,15H,4-5,11-14H2,1-3H3. The molecular weight excluding hydrogens is 326 g/mol.